The summed E-state index contributed by atoms with van der Waals surface area (Å²) in [4.78, 5) is 4.27. The van der Waals surface area contributed by atoms with Gasteiger partial charge in [-0.05, 0) is 32.1 Å². The number of hydrogen-bond donors (Lipinski definition) is 3. The minimum atomic E-state index is -0.704. The highest BCUT2D eigenvalue weighted by Gasteiger charge is 2.31. The minimum absolute atomic E-state index is 0. The summed E-state index contributed by atoms with van der Waals surface area (Å²) in [6.45, 7) is 2.56. The molecule has 7 heteroatoms. The summed E-state index contributed by atoms with van der Waals surface area (Å²) in [5.74, 6) is 1.51. The first-order chi connectivity index (χ1) is 10.6. The first-order valence-corrected chi connectivity index (χ1v) is 10.0. The van der Waals surface area contributed by atoms with E-state index in [9.17, 15) is 9.32 Å². The molecule has 23 heavy (non-hydrogen) atoms. The minimum Gasteiger partial charge on any atom is -0.388 e. The van der Waals surface area contributed by atoms with Gasteiger partial charge in [-0.15, -0.1) is 24.0 Å². The molecule has 3 N–H and O–H groups in total. The van der Waals surface area contributed by atoms with Gasteiger partial charge in [-0.1, -0.05) is 26.2 Å². The van der Waals surface area contributed by atoms with E-state index in [1.54, 1.807) is 7.05 Å². The summed E-state index contributed by atoms with van der Waals surface area (Å²) in [7, 11) is 1.06. The molecule has 0 aromatic rings. The Morgan fingerprint density at radius 3 is 2.61 bits per heavy atom. The average molecular weight is 457 g/mol. The lowest BCUT2D eigenvalue weighted by molar-refractivity contribution is 0.0521. The van der Waals surface area contributed by atoms with Crippen molar-refractivity contribution in [2.75, 3.05) is 19.3 Å². The third kappa shape index (κ3) is 6.49. The van der Waals surface area contributed by atoms with Gasteiger partial charge in [-0.25, -0.2) is 0 Å². The fourth-order valence-electron chi connectivity index (χ4n) is 3.60. The normalized spacial score (nSPS) is 28.7. The largest absolute Gasteiger partial charge is 0.388 e. The lowest BCUT2D eigenvalue weighted by Gasteiger charge is -2.31. The van der Waals surface area contributed by atoms with Crippen LogP contribution in [0.25, 0.3) is 0 Å². The second-order valence-electron chi connectivity index (χ2n) is 6.66. The molecular weight excluding hydrogens is 425 g/mol. The summed E-state index contributed by atoms with van der Waals surface area (Å²) in [6.07, 6.45) is 8.21. The zero-order valence-corrected chi connectivity index (χ0v) is 17.5. The van der Waals surface area contributed by atoms with Gasteiger partial charge < -0.3 is 15.7 Å². The lowest BCUT2D eigenvalue weighted by Crippen LogP contribution is -2.50. The maximum Gasteiger partial charge on any atom is 0.191 e. The van der Waals surface area contributed by atoms with Crippen molar-refractivity contribution in [3.05, 3.63) is 0 Å². The fourth-order valence-corrected chi connectivity index (χ4v) is 4.94. The second kappa shape index (κ2) is 10.2. The molecule has 2 saturated carbocycles. The first-order valence-electron chi connectivity index (χ1n) is 8.63. The van der Waals surface area contributed by atoms with Crippen LogP contribution in [0.3, 0.4) is 0 Å². The van der Waals surface area contributed by atoms with Crippen LogP contribution in [0.15, 0.2) is 4.99 Å². The van der Waals surface area contributed by atoms with E-state index < -0.39 is 16.4 Å². The van der Waals surface area contributed by atoms with E-state index in [1.165, 1.54) is 0 Å². The van der Waals surface area contributed by atoms with Gasteiger partial charge >= 0.3 is 0 Å². The number of guanidine groups is 1. The molecule has 2 rings (SSSR count). The average Bonchev–Trinajstić information content (AvgIpc) is 2.98. The number of nitrogens with one attached hydrogen (secondary N) is 2. The molecule has 5 nitrogen and oxygen atoms in total. The Hall–Kier alpha value is 0.110. The number of rotatable bonds is 5. The number of aliphatic hydroxyl groups is 1. The number of aliphatic imine (C=N–C) groups is 1. The fraction of sp³-hybridized carbons (Fsp3) is 0.938. The second-order valence-corrected chi connectivity index (χ2v) is 8.66. The Bertz CT molecular complexity index is 414. The van der Waals surface area contributed by atoms with E-state index in [-0.39, 0.29) is 24.0 Å². The van der Waals surface area contributed by atoms with E-state index >= 15 is 0 Å². The van der Waals surface area contributed by atoms with Crippen molar-refractivity contribution in [3.8, 4) is 0 Å². The summed E-state index contributed by atoms with van der Waals surface area (Å²) in [5, 5.41) is 17.4. The van der Waals surface area contributed by atoms with Crippen LogP contribution in [0.4, 0.5) is 0 Å². The van der Waals surface area contributed by atoms with Gasteiger partial charge in [0.05, 0.1) is 5.60 Å². The molecule has 0 aliphatic heterocycles. The molecule has 0 heterocycles. The van der Waals surface area contributed by atoms with Gasteiger partial charge in [0, 0.05) is 41.4 Å². The van der Waals surface area contributed by atoms with Crippen LogP contribution in [-0.2, 0) is 10.8 Å². The molecule has 2 aliphatic rings. The predicted molar refractivity (Wildman–Crippen MR) is 108 cm³/mol. The van der Waals surface area contributed by atoms with Crippen molar-refractivity contribution < 1.29 is 9.32 Å². The summed E-state index contributed by atoms with van der Waals surface area (Å²) in [6, 6.07) is 0.332. The van der Waals surface area contributed by atoms with Gasteiger partial charge in [-0.3, -0.25) is 9.20 Å². The van der Waals surface area contributed by atoms with Crippen molar-refractivity contribution in [2.45, 2.75) is 75.2 Å². The van der Waals surface area contributed by atoms with Gasteiger partial charge in [0.15, 0.2) is 5.96 Å². The topological polar surface area (TPSA) is 73.7 Å². The highest BCUT2D eigenvalue weighted by atomic mass is 127. The van der Waals surface area contributed by atoms with Crippen LogP contribution in [0, 0.1) is 0 Å². The molecular formula is C16H32IN3O2S. The molecule has 3 atom stereocenters. The van der Waals surface area contributed by atoms with Crippen molar-refractivity contribution >= 4 is 40.7 Å². The van der Waals surface area contributed by atoms with E-state index in [2.05, 4.69) is 15.6 Å². The number of halogens is 1. The molecule has 2 aliphatic carbocycles. The molecule has 0 amide bonds. The predicted octanol–water partition coefficient (Wildman–Crippen LogP) is 2.15. The van der Waals surface area contributed by atoms with Crippen molar-refractivity contribution in [1.29, 1.82) is 0 Å². The molecule has 0 aromatic carbocycles. The number of hydrogen-bond acceptors (Lipinski definition) is 3. The summed E-state index contributed by atoms with van der Waals surface area (Å²) in [5.41, 5.74) is -0.573. The molecule has 2 fully saturated rings. The Labute approximate surface area is 160 Å². The Balaban J connectivity index is 0.00000264. The van der Waals surface area contributed by atoms with Gasteiger partial charge in [-0.2, -0.15) is 0 Å². The number of nitrogens with zero attached hydrogens (tertiary/aromatic N) is 1. The molecule has 3 unspecified atom stereocenters. The third-order valence-electron chi connectivity index (χ3n) is 4.97. The highest BCUT2D eigenvalue weighted by molar-refractivity contribution is 14.0. The first kappa shape index (κ1) is 21.2. The molecule has 0 saturated heterocycles. The van der Waals surface area contributed by atoms with Crippen LogP contribution < -0.4 is 10.6 Å². The van der Waals surface area contributed by atoms with E-state index in [1.807, 2.05) is 6.92 Å². The Morgan fingerprint density at radius 1 is 1.30 bits per heavy atom. The van der Waals surface area contributed by atoms with E-state index in [4.69, 9.17) is 0 Å². The van der Waals surface area contributed by atoms with Crippen molar-refractivity contribution in [2.24, 2.45) is 4.99 Å². The zero-order valence-electron chi connectivity index (χ0n) is 14.3. The smallest absolute Gasteiger partial charge is 0.191 e. The molecule has 0 aromatic heterocycles. The molecule has 0 bridgehead atoms. The van der Waals surface area contributed by atoms with Gasteiger partial charge in [0.2, 0.25) is 0 Å². The van der Waals surface area contributed by atoms with Crippen molar-refractivity contribution in [1.82, 2.24) is 10.6 Å². The van der Waals surface area contributed by atoms with Crippen LogP contribution in [-0.4, -0.2) is 51.5 Å². The van der Waals surface area contributed by atoms with E-state index in [0.29, 0.717) is 17.8 Å². The third-order valence-corrected chi connectivity index (χ3v) is 6.71. The van der Waals surface area contributed by atoms with Crippen molar-refractivity contribution in [3.63, 3.8) is 0 Å². The maximum atomic E-state index is 12.0. The Kier molecular flexibility index (Phi) is 9.36. The summed E-state index contributed by atoms with van der Waals surface area (Å²) < 4.78 is 12.0. The lowest BCUT2D eigenvalue weighted by atomic mass is 9.95. The van der Waals surface area contributed by atoms with Crippen LogP contribution >= 0.6 is 24.0 Å². The Morgan fingerprint density at radius 2 is 2.00 bits per heavy atom. The monoisotopic (exact) mass is 457 g/mol. The van der Waals surface area contributed by atoms with Crippen LogP contribution in [0.2, 0.25) is 0 Å². The zero-order chi connectivity index (χ0) is 16.0. The van der Waals surface area contributed by atoms with Crippen LogP contribution in [0.5, 0.6) is 0 Å². The summed E-state index contributed by atoms with van der Waals surface area (Å²) >= 11 is 0. The SMILES string of the molecule is CCS(=O)C1CCCC(NC(=NC)NCC2(O)CCCC2)C1.I. The highest BCUT2D eigenvalue weighted by Crippen LogP contribution is 2.28. The van der Waals surface area contributed by atoms with Gasteiger partial charge in [0.1, 0.15) is 0 Å². The molecule has 0 radical (unpaired) electrons. The van der Waals surface area contributed by atoms with Gasteiger partial charge in [0.25, 0.3) is 0 Å². The maximum absolute atomic E-state index is 12.0. The molecule has 0 spiro atoms. The quantitative estimate of drug-likeness (QED) is 0.336. The molecule has 136 valence electrons. The standard InChI is InChI=1S/C16H31N3O2S.HI/c1-3-22(21)14-8-6-7-13(11-14)19-15(17-2)18-12-16(20)9-4-5-10-16;/h13-14,20H,3-12H2,1-2H3,(H2,17,18,19);1H. The van der Waals surface area contributed by atoms with E-state index in [0.717, 1.165) is 63.1 Å². The van der Waals surface area contributed by atoms with Crippen LogP contribution in [0.1, 0.15) is 58.3 Å².